The van der Waals surface area contributed by atoms with Gasteiger partial charge in [0, 0.05) is 6.04 Å². The number of methoxy groups -OCH3 is 1. The zero-order valence-corrected chi connectivity index (χ0v) is 14.7. The summed E-state index contributed by atoms with van der Waals surface area (Å²) in [6.07, 6.45) is 8.10. The fourth-order valence-electron chi connectivity index (χ4n) is 2.76. The average Bonchev–Trinajstić information content (AvgIpc) is 3.11. The topological polar surface area (TPSA) is 73.9 Å². The zero-order valence-electron chi connectivity index (χ0n) is 14.7. The third-order valence-electron chi connectivity index (χ3n) is 3.98. The molecule has 0 aliphatic heterocycles. The average molecular weight is 347 g/mol. The molecule has 2 rings (SSSR count). The van der Waals surface area contributed by atoms with Crippen molar-refractivity contribution in [3.63, 3.8) is 0 Å². The van der Waals surface area contributed by atoms with Gasteiger partial charge in [-0.05, 0) is 37.5 Å². The maximum atomic E-state index is 11.7. The molecule has 6 nitrogen and oxygen atoms in total. The first-order valence-electron chi connectivity index (χ1n) is 8.51. The minimum Gasteiger partial charge on any atom is -0.493 e. The molecule has 0 spiro atoms. The largest absolute Gasteiger partial charge is 0.493 e. The monoisotopic (exact) mass is 347 g/mol. The first-order chi connectivity index (χ1) is 12.1. The minimum absolute atomic E-state index is 0.211. The lowest BCUT2D eigenvalue weighted by Crippen LogP contribution is -2.36. The number of rotatable bonds is 8. The molecule has 0 radical (unpaired) electrons. The van der Waals surface area contributed by atoms with E-state index in [-0.39, 0.29) is 25.2 Å². The third kappa shape index (κ3) is 6.14. The number of esters is 1. The number of benzene rings is 1. The van der Waals surface area contributed by atoms with Gasteiger partial charge in [0.25, 0.3) is 5.91 Å². The molecule has 1 aliphatic carbocycles. The second-order valence-electron chi connectivity index (χ2n) is 5.91. The van der Waals surface area contributed by atoms with E-state index >= 15 is 0 Å². The van der Waals surface area contributed by atoms with Crippen LogP contribution in [0.4, 0.5) is 0 Å². The lowest BCUT2D eigenvalue weighted by molar-refractivity contribution is -0.150. The van der Waals surface area contributed by atoms with Crippen LogP contribution < -0.4 is 14.8 Å². The van der Waals surface area contributed by atoms with Crippen molar-refractivity contribution in [1.29, 1.82) is 0 Å². The van der Waals surface area contributed by atoms with Gasteiger partial charge in [0.1, 0.15) is 0 Å². The third-order valence-corrected chi connectivity index (χ3v) is 3.98. The Morgan fingerprint density at radius 2 is 1.96 bits per heavy atom. The van der Waals surface area contributed by atoms with Gasteiger partial charge in [0.15, 0.2) is 24.7 Å². The molecule has 0 atom stereocenters. The summed E-state index contributed by atoms with van der Waals surface area (Å²) in [6, 6.07) is 5.62. The van der Waals surface area contributed by atoms with E-state index in [1.54, 1.807) is 6.07 Å². The summed E-state index contributed by atoms with van der Waals surface area (Å²) in [5, 5.41) is 2.86. The van der Waals surface area contributed by atoms with E-state index in [4.69, 9.17) is 14.2 Å². The van der Waals surface area contributed by atoms with Crippen molar-refractivity contribution in [3.05, 3.63) is 29.8 Å². The SMILES string of the molecule is C/C=C/c1ccc(OCC(=O)OCC(=O)NC2CCCC2)c(OC)c1. The van der Waals surface area contributed by atoms with Crippen LogP contribution in [0.2, 0.25) is 0 Å². The van der Waals surface area contributed by atoms with Crippen LogP contribution in [-0.4, -0.2) is 38.2 Å². The summed E-state index contributed by atoms with van der Waals surface area (Å²) >= 11 is 0. The molecular weight excluding hydrogens is 322 g/mol. The Labute approximate surface area is 148 Å². The first-order valence-corrected chi connectivity index (χ1v) is 8.51. The van der Waals surface area contributed by atoms with Gasteiger partial charge in [0.05, 0.1) is 7.11 Å². The molecular formula is C19H25NO5. The number of allylic oxidation sites excluding steroid dienone is 1. The molecule has 0 bridgehead atoms. The van der Waals surface area contributed by atoms with E-state index in [1.807, 2.05) is 31.2 Å². The van der Waals surface area contributed by atoms with Crippen LogP contribution in [-0.2, 0) is 14.3 Å². The molecule has 1 aromatic rings. The number of hydrogen-bond donors (Lipinski definition) is 1. The fraction of sp³-hybridized carbons (Fsp3) is 0.474. The normalized spacial score (nSPS) is 14.5. The van der Waals surface area contributed by atoms with Gasteiger partial charge in [-0.2, -0.15) is 0 Å². The van der Waals surface area contributed by atoms with Crippen LogP contribution in [0.5, 0.6) is 11.5 Å². The maximum Gasteiger partial charge on any atom is 0.344 e. The molecule has 0 aromatic heterocycles. The Bertz CT molecular complexity index is 620. The smallest absolute Gasteiger partial charge is 0.344 e. The number of amides is 1. The van der Waals surface area contributed by atoms with E-state index in [0.29, 0.717) is 11.5 Å². The summed E-state index contributed by atoms with van der Waals surface area (Å²) in [6.45, 7) is 1.36. The van der Waals surface area contributed by atoms with Gasteiger partial charge in [-0.1, -0.05) is 31.1 Å². The molecule has 1 saturated carbocycles. The summed E-state index contributed by atoms with van der Waals surface area (Å²) in [4.78, 5) is 23.5. The van der Waals surface area contributed by atoms with Crippen LogP contribution in [0.15, 0.2) is 24.3 Å². The number of ether oxygens (including phenoxy) is 3. The lowest BCUT2D eigenvalue weighted by Gasteiger charge is -2.13. The van der Waals surface area contributed by atoms with Crippen molar-refractivity contribution >= 4 is 18.0 Å². The summed E-state index contributed by atoms with van der Waals surface area (Å²) in [7, 11) is 1.54. The summed E-state index contributed by atoms with van der Waals surface area (Å²) in [5.41, 5.74) is 0.970. The van der Waals surface area contributed by atoms with Crippen molar-refractivity contribution in [3.8, 4) is 11.5 Å². The predicted molar refractivity (Wildman–Crippen MR) is 94.6 cm³/mol. The van der Waals surface area contributed by atoms with Crippen LogP contribution in [0.3, 0.4) is 0 Å². The van der Waals surface area contributed by atoms with Crippen LogP contribution in [0, 0.1) is 0 Å². The van der Waals surface area contributed by atoms with Gasteiger partial charge in [-0.15, -0.1) is 0 Å². The first kappa shape index (κ1) is 18.8. The molecule has 0 saturated heterocycles. The van der Waals surface area contributed by atoms with Crippen LogP contribution in [0.25, 0.3) is 6.08 Å². The molecule has 25 heavy (non-hydrogen) atoms. The van der Waals surface area contributed by atoms with E-state index < -0.39 is 5.97 Å². The predicted octanol–water partition coefficient (Wildman–Crippen LogP) is 2.71. The van der Waals surface area contributed by atoms with Crippen molar-refractivity contribution < 1.29 is 23.8 Å². The zero-order chi connectivity index (χ0) is 18.1. The molecule has 1 N–H and O–H groups in total. The van der Waals surface area contributed by atoms with Gasteiger partial charge in [0.2, 0.25) is 0 Å². The molecule has 1 aliphatic rings. The Hall–Kier alpha value is -2.50. The highest BCUT2D eigenvalue weighted by Gasteiger charge is 2.18. The lowest BCUT2D eigenvalue weighted by atomic mass is 10.2. The van der Waals surface area contributed by atoms with Gasteiger partial charge in [-0.25, -0.2) is 4.79 Å². The standard InChI is InChI=1S/C19H25NO5/c1-3-6-14-9-10-16(17(11-14)23-2)24-13-19(22)25-12-18(21)20-15-7-4-5-8-15/h3,6,9-11,15H,4-5,7-8,12-13H2,1-2H3,(H,20,21)/b6-3+. The number of nitrogens with one attached hydrogen (secondary N) is 1. The van der Waals surface area contributed by atoms with Gasteiger partial charge >= 0.3 is 5.97 Å². The van der Waals surface area contributed by atoms with Gasteiger partial charge < -0.3 is 19.5 Å². The molecule has 0 heterocycles. The molecule has 1 fully saturated rings. The highest BCUT2D eigenvalue weighted by molar-refractivity contribution is 5.81. The Kier molecular flexibility index (Phi) is 7.32. The van der Waals surface area contributed by atoms with E-state index in [9.17, 15) is 9.59 Å². The highest BCUT2D eigenvalue weighted by atomic mass is 16.6. The molecule has 136 valence electrons. The fourth-order valence-corrected chi connectivity index (χ4v) is 2.76. The van der Waals surface area contributed by atoms with Gasteiger partial charge in [-0.3, -0.25) is 4.79 Å². The van der Waals surface area contributed by atoms with Crippen LogP contribution >= 0.6 is 0 Å². The maximum absolute atomic E-state index is 11.7. The van der Waals surface area contributed by atoms with Crippen LogP contribution in [0.1, 0.15) is 38.2 Å². The molecule has 1 aromatic carbocycles. The van der Waals surface area contributed by atoms with E-state index in [2.05, 4.69) is 5.32 Å². The number of carbonyl (C=O) groups excluding carboxylic acids is 2. The van der Waals surface area contributed by atoms with Crippen molar-refractivity contribution in [2.75, 3.05) is 20.3 Å². The number of carbonyl (C=O) groups is 2. The van der Waals surface area contributed by atoms with Crippen molar-refractivity contribution in [1.82, 2.24) is 5.32 Å². The molecule has 1 amide bonds. The second-order valence-corrected chi connectivity index (χ2v) is 5.91. The Morgan fingerprint density at radius 3 is 2.64 bits per heavy atom. The van der Waals surface area contributed by atoms with E-state index in [0.717, 1.165) is 31.2 Å². The summed E-state index contributed by atoms with van der Waals surface area (Å²) < 4.78 is 15.6. The summed E-state index contributed by atoms with van der Waals surface area (Å²) in [5.74, 6) is 0.111. The quantitative estimate of drug-likeness (QED) is 0.732. The van der Waals surface area contributed by atoms with Crippen molar-refractivity contribution in [2.45, 2.75) is 38.6 Å². The molecule has 0 unspecified atom stereocenters. The second kappa shape index (κ2) is 9.71. The van der Waals surface area contributed by atoms with E-state index in [1.165, 1.54) is 7.11 Å². The molecule has 6 heteroatoms. The minimum atomic E-state index is -0.596. The Morgan fingerprint density at radius 1 is 1.20 bits per heavy atom. The number of hydrogen-bond acceptors (Lipinski definition) is 5. The highest BCUT2D eigenvalue weighted by Crippen LogP contribution is 2.28. The Balaban J connectivity index is 1.76. The van der Waals surface area contributed by atoms with Crippen molar-refractivity contribution in [2.24, 2.45) is 0 Å².